The molecule has 7 nitrogen and oxygen atoms in total. The molecule has 0 radical (unpaired) electrons. The van der Waals surface area contributed by atoms with Crippen molar-refractivity contribution in [3.05, 3.63) is 77.8 Å². The van der Waals surface area contributed by atoms with Crippen LogP contribution in [0.4, 0.5) is 5.69 Å². The van der Waals surface area contributed by atoms with Gasteiger partial charge >= 0.3 is 0 Å². The van der Waals surface area contributed by atoms with Crippen LogP contribution in [0, 0.1) is 0 Å². The first-order valence-corrected chi connectivity index (χ1v) is 11.0. The van der Waals surface area contributed by atoms with E-state index in [1.54, 1.807) is 61.7 Å². The molecule has 1 N–H and O–H groups in total. The minimum absolute atomic E-state index is 0.107. The summed E-state index contributed by atoms with van der Waals surface area (Å²) in [6, 6.07) is 19.6. The van der Waals surface area contributed by atoms with Crippen LogP contribution in [0.15, 0.2) is 77.7 Å². The van der Waals surface area contributed by atoms with E-state index in [2.05, 4.69) is 5.32 Å². The molecule has 1 amide bonds. The van der Waals surface area contributed by atoms with Gasteiger partial charge in [0.1, 0.15) is 11.5 Å². The summed E-state index contributed by atoms with van der Waals surface area (Å²) in [6.07, 6.45) is 0. The Kier molecular flexibility index (Phi) is 7.17. The van der Waals surface area contributed by atoms with Crippen LogP contribution in [0.5, 0.6) is 17.2 Å². The van der Waals surface area contributed by atoms with Gasteiger partial charge in [0.15, 0.2) is 5.75 Å². The first kappa shape index (κ1) is 22.6. The molecule has 0 atom stereocenters. The molecule has 0 unspecified atom stereocenters. The standard InChI is InChI=1S/C22H21ClN2O5S/c1-25(31(27,28)19-9-4-3-5-10-19)15-22(26)24-20-13-16(23)11-12-21(20)30-18-8-6-7-17(14-18)29-2/h3-14H,15H2,1-2H3,(H,24,26). The Morgan fingerprint density at radius 3 is 2.42 bits per heavy atom. The van der Waals surface area contributed by atoms with Crippen molar-refractivity contribution in [2.45, 2.75) is 4.90 Å². The van der Waals surface area contributed by atoms with Gasteiger partial charge in [-0.2, -0.15) is 4.31 Å². The smallest absolute Gasteiger partial charge is 0.243 e. The van der Waals surface area contributed by atoms with Gasteiger partial charge in [-0.3, -0.25) is 4.79 Å². The summed E-state index contributed by atoms with van der Waals surface area (Å²) in [7, 11) is -0.910. The van der Waals surface area contributed by atoms with Crippen LogP contribution in [0.1, 0.15) is 0 Å². The lowest BCUT2D eigenvalue weighted by Gasteiger charge is -2.18. The van der Waals surface area contributed by atoms with Crippen LogP contribution < -0.4 is 14.8 Å². The van der Waals surface area contributed by atoms with Crippen LogP contribution in [0.2, 0.25) is 5.02 Å². The maximum absolute atomic E-state index is 12.6. The van der Waals surface area contributed by atoms with Gasteiger partial charge in [0, 0.05) is 18.1 Å². The van der Waals surface area contributed by atoms with E-state index in [4.69, 9.17) is 21.1 Å². The molecule has 0 aromatic heterocycles. The molecule has 0 aliphatic carbocycles. The number of methoxy groups -OCH3 is 1. The fourth-order valence-electron chi connectivity index (χ4n) is 2.73. The zero-order chi connectivity index (χ0) is 22.4. The number of halogens is 1. The Balaban J connectivity index is 1.75. The van der Waals surface area contributed by atoms with Gasteiger partial charge in [-0.15, -0.1) is 0 Å². The Morgan fingerprint density at radius 1 is 1.00 bits per heavy atom. The largest absolute Gasteiger partial charge is 0.497 e. The molecule has 9 heteroatoms. The van der Waals surface area contributed by atoms with Crippen LogP contribution in [0.25, 0.3) is 0 Å². The first-order valence-electron chi connectivity index (χ1n) is 9.22. The lowest BCUT2D eigenvalue weighted by molar-refractivity contribution is -0.116. The number of carbonyl (C=O) groups is 1. The lowest BCUT2D eigenvalue weighted by atomic mass is 10.2. The summed E-state index contributed by atoms with van der Waals surface area (Å²) in [4.78, 5) is 12.7. The zero-order valence-corrected chi connectivity index (χ0v) is 18.5. The molecule has 3 aromatic rings. The van der Waals surface area contributed by atoms with Crippen LogP contribution in [-0.4, -0.2) is 39.3 Å². The number of nitrogens with zero attached hydrogens (tertiary/aromatic N) is 1. The molecule has 0 saturated heterocycles. The van der Waals surface area contributed by atoms with E-state index in [9.17, 15) is 13.2 Å². The second-order valence-electron chi connectivity index (χ2n) is 6.54. The third kappa shape index (κ3) is 5.75. The number of hydrogen-bond acceptors (Lipinski definition) is 5. The quantitative estimate of drug-likeness (QED) is 0.538. The number of benzene rings is 3. The number of likely N-dealkylation sites (N-methyl/N-ethyl adjacent to an activating group) is 1. The lowest BCUT2D eigenvalue weighted by Crippen LogP contribution is -2.35. The molecule has 0 bridgehead atoms. The molecule has 0 saturated carbocycles. The van der Waals surface area contributed by atoms with E-state index in [-0.39, 0.29) is 11.4 Å². The number of hydrogen-bond donors (Lipinski definition) is 1. The van der Waals surface area contributed by atoms with E-state index in [1.165, 1.54) is 25.2 Å². The average Bonchev–Trinajstić information content (AvgIpc) is 2.76. The molecule has 3 rings (SSSR count). The molecule has 0 heterocycles. The number of rotatable bonds is 8. The van der Waals surface area contributed by atoms with Crippen molar-refractivity contribution in [1.82, 2.24) is 4.31 Å². The zero-order valence-electron chi connectivity index (χ0n) is 16.9. The van der Waals surface area contributed by atoms with Crippen LogP contribution in [0.3, 0.4) is 0 Å². The maximum atomic E-state index is 12.6. The molecular weight excluding hydrogens is 440 g/mol. The fraction of sp³-hybridized carbons (Fsp3) is 0.136. The molecule has 3 aromatic carbocycles. The molecular formula is C22H21ClN2O5S. The van der Waals surface area contributed by atoms with Crippen molar-refractivity contribution >= 4 is 33.2 Å². The average molecular weight is 461 g/mol. The fourth-order valence-corrected chi connectivity index (χ4v) is 4.05. The summed E-state index contributed by atoms with van der Waals surface area (Å²) >= 11 is 6.08. The predicted molar refractivity (Wildman–Crippen MR) is 119 cm³/mol. The van der Waals surface area contributed by atoms with Gasteiger partial charge in [0.05, 0.1) is 24.2 Å². The summed E-state index contributed by atoms with van der Waals surface area (Å²) in [5.41, 5.74) is 0.311. The molecule has 31 heavy (non-hydrogen) atoms. The van der Waals surface area contributed by atoms with Crippen LogP contribution in [-0.2, 0) is 14.8 Å². The molecule has 0 fully saturated rings. The Morgan fingerprint density at radius 2 is 1.71 bits per heavy atom. The van der Waals surface area contributed by atoms with Crippen molar-refractivity contribution in [1.29, 1.82) is 0 Å². The molecule has 0 aliphatic rings. The Hall–Kier alpha value is -3.07. The van der Waals surface area contributed by atoms with Gasteiger partial charge in [-0.05, 0) is 42.5 Å². The number of ether oxygens (including phenoxy) is 2. The Bertz CT molecular complexity index is 1170. The molecule has 0 aliphatic heterocycles. The van der Waals surface area contributed by atoms with E-state index >= 15 is 0 Å². The van der Waals surface area contributed by atoms with Gasteiger partial charge in [-0.1, -0.05) is 35.9 Å². The third-order valence-corrected chi connectivity index (χ3v) is 6.36. The van der Waals surface area contributed by atoms with E-state index in [0.29, 0.717) is 28.0 Å². The number of carbonyl (C=O) groups excluding carboxylic acids is 1. The minimum Gasteiger partial charge on any atom is -0.497 e. The van der Waals surface area contributed by atoms with Gasteiger partial charge in [0.25, 0.3) is 0 Å². The highest BCUT2D eigenvalue weighted by atomic mass is 35.5. The van der Waals surface area contributed by atoms with Crippen molar-refractivity contribution < 1.29 is 22.7 Å². The summed E-state index contributed by atoms with van der Waals surface area (Å²) in [5.74, 6) is 0.921. The number of sulfonamides is 1. The highest BCUT2D eigenvalue weighted by Gasteiger charge is 2.23. The van der Waals surface area contributed by atoms with Gasteiger partial charge in [-0.25, -0.2) is 8.42 Å². The predicted octanol–water partition coefficient (Wildman–Crippen LogP) is 4.40. The molecule has 0 spiro atoms. The summed E-state index contributed by atoms with van der Waals surface area (Å²) in [5, 5.41) is 3.06. The first-order chi connectivity index (χ1) is 14.8. The number of amides is 1. The maximum Gasteiger partial charge on any atom is 0.243 e. The Labute approximate surface area is 186 Å². The van der Waals surface area contributed by atoms with Crippen molar-refractivity contribution in [3.63, 3.8) is 0 Å². The van der Waals surface area contributed by atoms with E-state index in [0.717, 1.165) is 4.31 Å². The highest BCUT2D eigenvalue weighted by molar-refractivity contribution is 7.89. The number of nitrogens with one attached hydrogen (secondary N) is 1. The summed E-state index contributed by atoms with van der Waals surface area (Å²) < 4.78 is 37.3. The van der Waals surface area contributed by atoms with Gasteiger partial charge < -0.3 is 14.8 Å². The summed E-state index contributed by atoms with van der Waals surface area (Å²) in [6.45, 7) is -0.387. The third-order valence-electron chi connectivity index (χ3n) is 4.30. The second-order valence-corrected chi connectivity index (χ2v) is 9.03. The van der Waals surface area contributed by atoms with E-state index in [1.807, 2.05) is 0 Å². The van der Waals surface area contributed by atoms with Crippen molar-refractivity contribution in [3.8, 4) is 17.2 Å². The monoisotopic (exact) mass is 460 g/mol. The van der Waals surface area contributed by atoms with E-state index < -0.39 is 15.9 Å². The minimum atomic E-state index is -3.80. The van der Waals surface area contributed by atoms with Gasteiger partial charge in [0.2, 0.25) is 15.9 Å². The van der Waals surface area contributed by atoms with Crippen LogP contribution >= 0.6 is 11.6 Å². The second kappa shape index (κ2) is 9.82. The highest BCUT2D eigenvalue weighted by Crippen LogP contribution is 2.33. The normalized spacial score (nSPS) is 11.2. The number of anilines is 1. The SMILES string of the molecule is COc1cccc(Oc2ccc(Cl)cc2NC(=O)CN(C)S(=O)(=O)c2ccccc2)c1. The molecule has 162 valence electrons. The topological polar surface area (TPSA) is 84.9 Å². The van der Waals surface area contributed by atoms with Crippen molar-refractivity contribution in [2.75, 3.05) is 26.0 Å². The van der Waals surface area contributed by atoms with Crippen molar-refractivity contribution in [2.24, 2.45) is 0 Å².